The summed E-state index contributed by atoms with van der Waals surface area (Å²) >= 11 is 0. The van der Waals surface area contributed by atoms with Crippen molar-refractivity contribution in [1.82, 2.24) is 4.98 Å². The number of hydrogen-bond donors (Lipinski definition) is 1. The van der Waals surface area contributed by atoms with E-state index in [4.69, 9.17) is 5.11 Å². The molecular formula is C9H6F5NO3. The Morgan fingerprint density at radius 1 is 1.44 bits per heavy atom. The second-order valence-electron chi connectivity index (χ2n) is 3.12. The number of aromatic nitrogens is 1. The number of alkyl halides is 4. The number of carboxylic acids is 1. The Labute approximate surface area is 97.0 Å². The van der Waals surface area contributed by atoms with E-state index in [0.717, 1.165) is 0 Å². The van der Waals surface area contributed by atoms with Crippen LogP contribution in [-0.2, 0) is 17.9 Å². The second-order valence-corrected chi connectivity index (χ2v) is 3.12. The van der Waals surface area contributed by atoms with Crippen LogP contribution < -0.4 is 4.74 Å². The third kappa shape index (κ3) is 3.82. The minimum Gasteiger partial charge on any atom is -0.481 e. The lowest BCUT2D eigenvalue weighted by Crippen LogP contribution is -2.19. The Balaban J connectivity index is 3.24. The first kappa shape index (κ1) is 14.1. The predicted molar refractivity (Wildman–Crippen MR) is 47.0 cm³/mol. The summed E-state index contributed by atoms with van der Waals surface area (Å²) in [5, 5.41) is 8.45. The van der Waals surface area contributed by atoms with Crippen LogP contribution in [0.2, 0.25) is 0 Å². The molecule has 0 saturated heterocycles. The van der Waals surface area contributed by atoms with Gasteiger partial charge in [-0.2, -0.15) is 4.39 Å². The number of nitrogens with zero attached hydrogens (tertiary/aromatic N) is 1. The molecule has 4 nitrogen and oxygen atoms in total. The van der Waals surface area contributed by atoms with Crippen LogP contribution in [0.5, 0.6) is 5.75 Å². The van der Waals surface area contributed by atoms with Crippen molar-refractivity contribution >= 4 is 5.97 Å². The molecule has 0 aliphatic carbocycles. The second kappa shape index (κ2) is 5.15. The molecule has 1 heterocycles. The van der Waals surface area contributed by atoms with Crippen molar-refractivity contribution in [3.05, 3.63) is 23.3 Å². The van der Waals surface area contributed by atoms with Gasteiger partial charge >= 0.3 is 12.3 Å². The first-order valence-corrected chi connectivity index (χ1v) is 4.44. The lowest BCUT2D eigenvalue weighted by atomic mass is 10.1. The number of carbonyl (C=O) groups is 1. The van der Waals surface area contributed by atoms with Crippen molar-refractivity contribution in [2.45, 2.75) is 19.5 Å². The monoisotopic (exact) mass is 271 g/mol. The van der Waals surface area contributed by atoms with Crippen molar-refractivity contribution < 1.29 is 36.6 Å². The van der Waals surface area contributed by atoms with E-state index in [0.29, 0.717) is 0 Å². The fourth-order valence-corrected chi connectivity index (χ4v) is 1.21. The minimum absolute atomic E-state index is 0.244. The highest BCUT2D eigenvalue weighted by molar-refractivity contribution is 5.70. The van der Waals surface area contributed by atoms with Gasteiger partial charge in [0.25, 0.3) is 0 Å². The quantitative estimate of drug-likeness (QED) is 0.673. The number of pyridine rings is 1. The molecule has 0 amide bonds. The van der Waals surface area contributed by atoms with Crippen LogP contribution >= 0.6 is 0 Å². The summed E-state index contributed by atoms with van der Waals surface area (Å²) in [5.74, 6) is -4.00. The zero-order valence-electron chi connectivity index (χ0n) is 8.59. The Morgan fingerprint density at radius 3 is 2.50 bits per heavy atom. The van der Waals surface area contributed by atoms with Gasteiger partial charge in [-0.3, -0.25) is 4.79 Å². The standard InChI is InChI=1S/C9H6F5NO3/c10-3-4-5(1-8(16)17)15-7(11)2-6(4)18-9(12,13)14/h2H,1,3H2,(H,16,17). The number of carboxylic acid groups (broad SMARTS) is 1. The van der Waals surface area contributed by atoms with E-state index in [9.17, 15) is 26.7 Å². The molecule has 0 aliphatic rings. The van der Waals surface area contributed by atoms with Gasteiger partial charge in [0, 0.05) is 11.6 Å². The van der Waals surface area contributed by atoms with Gasteiger partial charge in [-0.15, -0.1) is 13.2 Å². The Kier molecular flexibility index (Phi) is 4.04. The maximum atomic E-state index is 12.9. The molecule has 18 heavy (non-hydrogen) atoms. The fourth-order valence-electron chi connectivity index (χ4n) is 1.21. The summed E-state index contributed by atoms with van der Waals surface area (Å²) in [4.78, 5) is 13.4. The topological polar surface area (TPSA) is 59.4 Å². The van der Waals surface area contributed by atoms with E-state index in [1.54, 1.807) is 0 Å². The predicted octanol–water partition coefficient (Wildman–Crippen LogP) is 2.22. The van der Waals surface area contributed by atoms with Gasteiger partial charge in [0.05, 0.1) is 12.1 Å². The zero-order valence-corrected chi connectivity index (χ0v) is 8.59. The maximum Gasteiger partial charge on any atom is 0.573 e. The van der Waals surface area contributed by atoms with Crippen LogP contribution in [-0.4, -0.2) is 22.4 Å². The number of rotatable bonds is 4. The summed E-state index contributed by atoms with van der Waals surface area (Å²) in [6.45, 7) is -1.46. The van der Waals surface area contributed by atoms with Crippen molar-refractivity contribution in [2.75, 3.05) is 0 Å². The Morgan fingerprint density at radius 2 is 2.06 bits per heavy atom. The van der Waals surface area contributed by atoms with Gasteiger partial charge in [0.2, 0.25) is 5.95 Å². The molecule has 0 aromatic carbocycles. The molecule has 0 spiro atoms. The molecule has 0 saturated carbocycles. The first-order valence-electron chi connectivity index (χ1n) is 4.44. The van der Waals surface area contributed by atoms with Crippen molar-refractivity contribution in [3.8, 4) is 5.75 Å². The van der Waals surface area contributed by atoms with Crippen LogP contribution in [0.3, 0.4) is 0 Å². The van der Waals surface area contributed by atoms with Crippen LogP contribution in [0.25, 0.3) is 0 Å². The summed E-state index contributed by atoms with van der Waals surface area (Å²) < 4.78 is 64.8. The smallest absolute Gasteiger partial charge is 0.481 e. The minimum atomic E-state index is -5.14. The largest absolute Gasteiger partial charge is 0.573 e. The molecule has 1 N–H and O–H groups in total. The normalized spacial score (nSPS) is 11.4. The molecular weight excluding hydrogens is 265 g/mol. The summed E-state index contributed by atoms with van der Waals surface area (Å²) in [6, 6.07) is 0.244. The van der Waals surface area contributed by atoms with Crippen molar-refractivity contribution in [2.24, 2.45) is 0 Å². The average Bonchev–Trinajstić information content (AvgIpc) is 2.13. The van der Waals surface area contributed by atoms with Gasteiger partial charge in [0.1, 0.15) is 12.4 Å². The molecule has 1 rings (SSSR count). The molecule has 0 aliphatic heterocycles. The molecule has 1 aromatic rings. The van der Waals surface area contributed by atoms with Crippen LogP contribution in [0.15, 0.2) is 6.07 Å². The molecule has 100 valence electrons. The molecule has 0 atom stereocenters. The SMILES string of the molecule is O=C(O)Cc1nc(F)cc(OC(F)(F)F)c1CF. The van der Waals surface area contributed by atoms with E-state index in [2.05, 4.69) is 9.72 Å². The average molecular weight is 271 g/mol. The molecule has 1 aromatic heterocycles. The highest BCUT2D eigenvalue weighted by Crippen LogP contribution is 2.29. The highest BCUT2D eigenvalue weighted by atomic mass is 19.4. The van der Waals surface area contributed by atoms with E-state index < -0.39 is 48.4 Å². The first-order chi connectivity index (χ1) is 8.23. The van der Waals surface area contributed by atoms with E-state index in [-0.39, 0.29) is 6.07 Å². The fraction of sp³-hybridized carbons (Fsp3) is 0.333. The summed E-state index contributed by atoms with van der Waals surface area (Å²) in [5.41, 5.74) is -1.39. The third-order valence-corrected chi connectivity index (χ3v) is 1.82. The molecule has 9 heteroatoms. The molecule has 0 unspecified atom stereocenters. The lowest BCUT2D eigenvalue weighted by molar-refractivity contribution is -0.275. The summed E-state index contributed by atoms with van der Waals surface area (Å²) in [7, 11) is 0. The van der Waals surface area contributed by atoms with Crippen molar-refractivity contribution in [3.63, 3.8) is 0 Å². The van der Waals surface area contributed by atoms with Crippen LogP contribution in [0, 0.1) is 5.95 Å². The molecule has 0 fully saturated rings. The molecule has 0 bridgehead atoms. The van der Waals surface area contributed by atoms with Gasteiger partial charge in [-0.1, -0.05) is 0 Å². The Bertz CT molecular complexity index is 460. The third-order valence-electron chi connectivity index (χ3n) is 1.82. The number of ether oxygens (including phenoxy) is 1. The lowest BCUT2D eigenvalue weighted by Gasteiger charge is -2.13. The van der Waals surface area contributed by atoms with Crippen LogP contribution in [0.4, 0.5) is 22.0 Å². The van der Waals surface area contributed by atoms with Gasteiger partial charge < -0.3 is 9.84 Å². The number of halogens is 5. The van der Waals surface area contributed by atoms with Crippen molar-refractivity contribution in [1.29, 1.82) is 0 Å². The van der Waals surface area contributed by atoms with Gasteiger partial charge in [0.15, 0.2) is 0 Å². The van der Waals surface area contributed by atoms with Crippen LogP contribution in [0.1, 0.15) is 11.3 Å². The van der Waals surface area contributed by atoms with E-state index >= 15 is 0 Å². The highest BCUT2D eigenvalue weighted by Gasteiger charge is 2.33. The zero-order chi connectivity index (χ0) is 13.9. The maximum absolute atomic E-state index is 12.9. The Hall–Kier alpha value is -1.93. The van der Waals surface area contributed by atoms with E-state index in [1.807, 2.05) is 0 Å². The number of aliphatic carboxylic acids is 1. The number of hydrogen-bond acceptors (Lipinski definition) is 3. The van der Waals surface area contributed by atoms with Gasteiger partial charge in [-0.05, 0) is 0 Å². The van der Waals surface area contributed by atoms with E-state index in [1.165, 1.54) is 0 Å². The van der Waals surface area contributed by atoms with Gasteiger partial charge in [-0.25, -0.2) is 9.37 Å². The summed E-state index contributed by atoms with van der Waals surface area (Å²) in [6.07, 6.45) is -6.05. The molecule has 0 radical (unpaired) electrons.